The van der Waals surface area contributed by atoms with Crippen molar-refractivity contribution in [2.45, 2.75) is 49.9 Å². The van der Waals surface area contributed by atoms with Crippen molar-refractivity contribution in [1.29, 1.82) is 0 Å². The lowest BCUT2D eigenvalue weighted by molar-refractivity contribution is -0.139. The van der Waals surface area contributed by atoms with Crippen molar-refractivity contribution in [3.8, 4) is 5.75 Å². The Labute approximate surface area is 198 Å². The van der Waals surface area contributed by atoms with Gasteiger partial charge in [-0.05, 0) is 68.7 Å². The first-order valence-corrected chi connectivity index (χ1v) is 12.9. The van der Waals surface area contributed by atoms with Crippen LogP contribution in [-0.2, 0) is 4.79 Å². The maximum Gasteiger partial charge on any atom is 0.303 e. The number of thioether (sulfide) groups is 1. The fourth-order valence-corrected chi connectivity index (χ4v) is 6.09. The average molecular weight is 477 g/mol. The molecular weight excluding hydrogens is 443 g/mol. The molecule has 1 aromatic carbocycles. The topological polar surface area (TPSA) is 82.9 Å². The van der Waals surface area contributed by atoms with Gasteiger partial charge in [-0.15, -0.1) is 0 Å². The first kappa shape index (κ1) is 24.2. The third-order valence-electron chi connectivity index (χ3n) is 6.91. The number of aromatic nitrogens is 1. The Morgan fingerprint density at radius 1 is 1.33 bits per heavy atom. The van der Waals surface area contributed by atoms with Crippen molar-refractivity contribution in [2.75, 3.05) is 32.5 Å². The summed E-state index contributed by atoms with van der Waals surface area (Å²) in [6.45, 7) is 2.73. The van der Waals surface area contributed by atoms with E-state index in [0.29, 0.717) is 29.5 Å². The van der Waals surface area contributed by atoms with E-state index in [4.69, 9.17) is 4.74 Å². The lowest BCUT2D eigenvalue weighted by Gasteiger charge is -2.38. The molecule has 180 valence electrons. The number of halogens is 1. The number of methoxy groups -OCH3 is 1. The summed E-state index contributed by atoms with van der Waals surface area (Å²) < 4.78 is 20.0. The average Bonchev–Trinajstić information content (AvgIpc) is 3.62. The summed E-state index contributed by atoms with van der Waals surface area (Å²) in [6.07, 6.45) is 4.92. The molecule has 8 heteroatoms. The standard InChI is InChI=1S/C25H33FN2O4S/c1-32-18-3-6-22-20(13-18)25(21(26)14-27-22)23(29)7-2-16-8-9-28(10-11-33-19-4-5-19)15-17(16)12-24(30)31/h3,6,13-14,16-17,19,23,29H,2,4-5,7-12,15H2,1H3,(H,30,31)/t16-,17+,23+/m1/s1. The zero-order chi connectivity index (χ0) is 23.4. The summed E-state index contributed by atoms with van der Waals surface area (Å²) in [6, 6.07) is 5.22. The van der Waals surface area contributed by atoms with Crippen LogP contribution >= 0.6 is 11.8 Å². The molecule has 4 rings (SSSR count). The molecule has 6 nitrogen and oxygen atoms in total. The predicted molar refractivity (Wildman–Crippen MR) is 128 cm³/mol. The number of aliphatic hydroxyl groups is 1. The number of pyridine rings is 1. The summed E-state index contributed by atoms with van der Waals surface area (Å²) in [7, 11) is 1.55. The summed E-state index contributed by atoms with van der Waals surface area (Å²) in [4.78, 5) is 18.0. The van der Waals surface area contributed by atoms with Crippen LogP contribution in [0, 0.1) is 17.7 Å². The molecule has 2 heterocycles. The van der Waals surface area contributed by atoms with E-state index in [9.17, 15) is 19.4 Å². The van der Waals surface area contributed by atoms with Crippen molar-refractivity contribution in [3.63, 3.8) is 0 Å². The second-order valence-electron chi connectivity index (χ2n) is 9.27. The highest BCUT2D eigenvalue weighted by Crippen LogP contribution is 2.37. The van der Waals surface area contributed by atoms with E-state index in [0.717, 1.165) is 43.3 Å². The fraction of sp³-hybridized carbons (Fsp3) is 0.600. The molecule has 2 N–H and O–H groups in total. The number of hydrogen-bond acceptors (Lipinski definition) is 6. The maximum absolute atomic E-state index is 14.7. The van der Waals surface area contributed by atoms with Crippen molar-refractivity contribution in [3.05, 3.63) is 35.8 Å². The molecule has 0 bridgehead atoms. The molecule has 1 aromatic heterocycles. The number of likely N-dealkylation sites (tertiary alicyclic amines) is 1. The van der Waals surface area contributed by atoms with Gasteiger partial charge in [-0.3, -0.25) is 9.78 Å². The number of aliphatic hydroxyl groups excluding tert-OH is 1. The first-order chi connectivity index (χ1) is 15.9. The number of rotatable bonds is 11. The van der Waals surface area contributed by atoms with Gasteiger partial charge in [0.1, 0.15) is 11.6 Å². The Balaban J connectivity index is 1.40. The maximum atomic E-state index is 14.7. The van der Waals surface area contributed by atoms with Crippen LogP contribution in [0.5, 0.6) is 5.75 Å². The van der Waals surface area contributed by atoms with Gasteiger partial charge < -0.3 is 19.8 Å². The Morgan fingerprint density at radius 3 is 2.88 bits per heavy atom. The van der Waals surface area contributed by atoms with Gasteiger partial charge in [-0.2, -0.15) is 11.8 Å². The van der Waals surface area contributed by atoms with Gasteiger partial charge in [-0.1, -0.05) is 0 Å². The molecule has 1 aliphatic carbocycles. The van der Waals surface area contributed by atoms with Gasteiger partial charge in [0.15, 0.2) is 0 Å². The molecule has 0 radical (unpaired) electrons. The lowest BCUT2D eigenvalue weighted by Crippen LogP contribution is -2.42. The molecule has 33 heavy (non-hydrogen) atoms. The Bertz CT molecular complexity index is 971. The number of aliphatic carboxylic acids is 1. The van der Waals surface area contributed by atoms with Crippen molar-refractivity contribution >= 4 is 28.6 Å². The van der Waals surface area contributed by atoms with Crippen LogP contribution in [0.25, 0.3) is 10.9 Å². The number of nitrogens with zero attached hydrogens (tertiary/aromatic N) is 2. The van der Waals surface area contributed by atoms with Gasteiger partial charge >= 0.3 is 5.97 Å². The van der Waals surface area contributed by atoms with Gasteiger partial charge in [-0.25, -0.2) is 4.39 Å². The molecule has 0 unspecified atom stereocenters. The van der Waals surface area contributed by atoms with Crippen molar-refractivity contribution < 1.29 is 24.1 Å². The molecule has 1 saturated heterocycles. The second-order valence-corrected chi connectivity index (χ2v) is 10.7. The van der Waals surface area contributed by atoms with E-state index >= 15 is 0 Å². The van der Waals surface area contributed by atoms with Gasteiger partial charge in [0.05, 0.1) is 24.9 Å². The SMILES string of the molecule is COc1ccc2ncc(F)c([C@@H](O)CC[C@@H]3CCN(CCSC4CC4)C[C@@H]3CC(=O)O)c2c1. The molecule has 1 saturated carbocycles. The number of carbonyl (C=O) groups is 1. The van der Waals surface area contributed by atoms with Gasteiger partial charge in [0.25, 0.3) is 0 Å². The third kappa shape index (κ3) is 6.37. The van der Waals surface area contributed by atoms with Crippen molar-refractivity contribution in [1.82, 2.24) is 9.88 Å². The quantitative estimate of drug-likeness (QED) is 0.494. The largest absolute Gasteiger partial charge is 0.497 e. The van der Waals surface area contributed by atoms with Crippen LogP contribution < -0.4 is 4.74 Å². The van der Waals surface area contributed by atoms with Gasteiger partial charge in [0, 0.05) is 41.5 Å². The Morgan fingerprint density at radius 2 is 2.15 bits per heavy atom. The zero-order valence-corrected chi connectivity index (χ0v) is 19.9. The summed E-state index contributed by atoms with van der Waals surface area (Å²) >= 11 is 2.03. The van der Waals surface area contributed by atoms with E-state index in [-0.39, 0.29) is 23.8 Å². The second kappa shape index (κ2) is 11.0. The predicted octanol–water partition coefficient (Wildman–Crippen LogP) is 4.50. The van der Waals surface area contributed by atoms with E-state index in [1.165, 1.54) is 12.8 Å². The minimum Gasteiger partial charge on any atom is -0.497 e. The molecule has 3 atom stereocenters. The number of fused-ring (bicyclic) bond motifs is 1. The van der Waals surface area contributed by atoms with Crippen LogP contribution in [0.1, 0.15) is 50.2 Å². The van der Waals surface area contributed by atoms with E-state index in [1.807, 2.05) is 11.8 Å². The highest BCUT2D eigenvalue weighted by molar-refractivity contribution is 8.00. The fourth-order valence-electron chi connectivity index (χ4n) is 4.93. The molecule has 0 amide bonds. The van der Waals surface area contributed by atoms with Crippen LogP contribution in [0.3, 0.4) is 0 Å². The highest BCUT2D eigenvalue weighted by Gasteiger charge is 2.32. The van der Waals surface area contributed by atoms with Crippen molar-refractivity contribution in [2.24, 2.45) is 11.8 Å². The van der Waals surface area contributed by atoms with E-state index in [1.54, 1.807) is 25.3 Å². The summed E-state index contributed by atoms with van der Waals surface area (Å²) in [5.41, 5.74) is 0.843. The third-order valence-corrected chi connectivity index (χ3v) is 8.27. The molecule has 0 spiro atoms. The summed E-state index contributed by atoms with van der Waals surface area (Å²) in [5, 5.41) is 21.8. The molecular formula is C25H33FN2O4S. The van der Waals surface area contributed by atoms with Crippen LogP contribution in [0.2, 0.25) is 0 Å². The highest BCUT2D eigenvalue weighted by atomic mass is 32.2. The van der Waals surface area contributed by atoms with Gasteiger partial charge in [0.2, 0.25) is 0 Å². The molecule has 2 aromatic rings. The van der Waals surface area contributed by atoms with Crippen LogP contribution in [0.4, 0.5) is 4.39 Å². The Kier molecular flexibility index (Phi) is 8.09. The van der Waals surface area contributed by atoms with E-state index < -0.39 is 17.9 Å². The lowest BCUT2D eigenvalue weighted by atomic mass is 9.79. The summed E-state index contributed by atoms with van der Waals surface area (Å²) in [5.74, 6) is 0.622. The minimum atomic E-state index is -0.985. The number of ether oxygens (including phenoxy) is 1. The van der Waals surface area contributed by atoms with Crippen LogP contribution in [-0.4, -0.2) is 63.8 Å². The number of carboxylic acids is 1. The molecule has 2 aliphatic rings. The monoisotopic (exact) mass is 476 g/mol. The van der Waals surface area contributed by atoms with E-state index in [2.05, 4.69) is 9.88 Å². The smallest absolute Gasteiger partial charge is 0.303 e. The first-order valence-electron chi connectivity index (χ1n) is 11.8. The number of hydrogen-bond donors (Lipinski definition) is 2. The zero-order valence-electron chi connectivity index (χ0n) is 19.1. The molecule has 1 aliphatic heterocycles. The normalized spacial score (nSPS) is 22.4. The number of benzene rings is 1. The van der Waals surface area contributed by atoms with Crippen LogP contribution in [0.15, 0.2) is 24.4 Å². The molecule has 2 fully saturated rings. The number of carboxylic acid groups (broad SMARTS) is 1. The number of piperidine rings is 1. The minimum absolute atomic E-state index is 0.0495. The Hall–Kier alpha value is -1.90.